The third-order valence-corrected chi connectivity index (χ3v) is 17.4. The van der Waals surface area contributed by atoms with Crippen molar-refractivity contribution in [2.24, 2.45) is 0 Å². The van der Waals surface area contributed by atoms with E-state index >= 15 is 4.79 Å². The smallest absolute Gasteiger partial charge is 0.407 e. The van der Waals surface area contributed by atoms with Crippen molar-refractivity contribution in [2.45, 2.75) is 74.5 Å². The molecule has 0 fully saturated rings. The molecule has 0 saturated heterocycles. The molecule has 1 N–H and O–H groups in total. The van der Waals surface area contributed by atoms with Gasteiger partial charge < -0.3 is 19.7 Å². The monoisotopic (exact) mass is 1060 g/mol. The highest BCUT2D eigenvalue weighted by molar-refractivity contribution is 8.00. The molecule has 0 spiro atoms. The molecule has 0 saturated carbocycles. The third-order valence-electron chi connectivity index (χ3n) is 14.3. The summed E-state index contributed by atoms with van der Waals surface area (Å²) in [6.07, 6.45) is -0.806. The fourth-order valence-corrected chi connectivity index (χ4v) is 13.7. The summed E-state index contributed by atoms with van der Waals surface area (Å²) in [5.74, 6) is 0.116. The Morgan fingerprint density at radius 3 is 1.26 bits per heavy atom. The number of fused-ring (bicyclic) bond motifs is 3. The fraction of sp³-hybridized carbons (Fsp3) is 0.250. The van der Waals surface area contributed by atoms with E-state index in [1.165, 1.54) is 0 Å². The van der Waals surface area contributed by atoms with Gasteiger partial charge >= 0.3 is 12.1 Å². The fourth-order valence-electron chi connectivity index (χ4n) is 10.6. The highest BCUT2D eigenvalue weighted by atomic mass is 32.2. The van der Waals surface area contributed by atoms with Crippen molar-refractivity contribution in [3.8, 4) is 11.1 Å². The van der Waals surface area contributed by atoms with Crippen molar-refractivity contribution < 1.29 is 23.9 Å². The number of alkyl carbamates (subject to hydrolysis) is 1. The van der Waals surface area contributed by atoms with Gasteiger partial charge in [-0.25, -0.2) is 4.79 Å². The number of ether oxygens (including phenoxy) is 2. The molecule has 0 unspecified atom stereocenters. The van der Waals surface area contributed by atoms with Gasteiger partial charge in [-0.3, -0.25) is 9.59 Å². The first-order valence-corrected chi connectivity index (χ1v) is 28.6. The lowest BCUT2D eigenvalue weighted by molar-refractivity contribution is -0.155. The number of esters is 1. The first-order valence-electron chi connectivity index (χ1n) is 26.6. The van der Waals surface area contributed by atoms with Gasteiger partial charge in [0.15, 0.2) is 0 Å². The number of rotatable bonds is 21. The summed E-state index contributed by atoms with van der Waals surface area (Å²) in [4.78, 5) is 45.4. The summed E-state index contributed by atoms with van der Waals surface area (Å²) < 4.78 is 10.6. The van der Waals surface area contributed by atoms with Crippen LogP contribution in [-0.4, -0.2) is 65.7 Å². The molecule has 7 nitrogen and oxygen atoms in total. The number of thioether (sulfide) groups is 2. The molecule has 8 aromatic rings. The van der Waals surface area contributed by atoms with Gasteiger partial charge in [0, 0.05) is 36.9 Å². The molecular formula is C68H68N2O5S2. The van der Waals surface area contributed by atoms with E-state index in [0.29, 0.717) is 24.6 Å². The SMILES string of the molecule is Cc1ccc(C(SCCN(CCSC(c2ccccc2)(c2ccccc2)c2ccc(C)cc2)C(=O)[C@H](CCC(=O)OC(C)(C)C)NC(=O)OCC2c3ccccc3-c3ccccc32)(c2ccccc2)c2ccccc2)cc1. The van der Waals surface area contributed by atoms with Crippen LogP contribution < -0.4 is 5.32 Å². The zero-order valence-corrected chi connectivity index (χ0v) is 46.3. The van der Waals surface area contributed by atoms with Crippen LogP contribution >= 0.6 is 23.5 Å². The van der Waals surface area contributed by atoms with Gasteiger partial charge in [-0.2, -0.15) is 0 Å². The Morgan fingerprint density at radius 1 is 0.506 bits per heavy atom. The molecule has 1 aliphatic carbocycles. The predicted molar refractivity (Wildman–Crippen MR) is 316 cm³/mol. The van der Waals surface area contributed by atoms with Crippen molar-refractivity contribution in [1.29, 1.82) is 0 Å². The average molecular weight is 1060 g/mol. The Balaban J connectivity index is 1.07. The first kappa shape index (κ1) is 54.5. The van der Waals surface area contributed by atoms with Crippen LogP contribution in [0.1, 0.15) is 95.2 Å². The molecule has 0 aromatic heterocycles. The Morgan fingerprint density at radius 2 is 0.870 bits per heavy atom. The van der Waals surface area contributed by atoms with E-state index in [0.717, 1.165) is 66.8 Å². The van der Waals surface area contributed by atoms with Crippen molar-refractivity contribution in [2.75, 3.05) is 31.2 Å². The first-order chi connectivity index (χ1) is 37.4. The number of carbonyl (C=O) groups is 3. The van der Waals surface area contributed by atoms with Crippen LogP contribution in [0.15, 0.2) is 218 Å². The second-order valence-corrected chi connectivity index (χ2v) is 23.3. The lowest BCUT2D eigenvalue weighted by Gasteiger charge is -2.38. The number of nitrogens with zero attached hydrogens (tertiary/aromatic N) is 1. The average Bonchev–Trinajstić information content (AvgIpc) is 3.80. The molecule has 1 aliphatic rings. The molecular weight excluding hydrogens is 989 g/mol. The van der Waals surface area contributed by atoms with Gasteiger partial charge in [0.2, 0.25) is 5.91 Å². The van der Waals surface area contributed by atoms with Crippen LogP contribution in [0.2, 0.25) is 0 Å². The zero-order valence-electron chi connectivity index (χ0n) is 44.7. The van der Waals surface area contributed by atoms with Crippen LogP contribution in [0.4, 0.5) is 4.79 Å². The Bertz CT molecular complexity index is 2960. The van der Waals surface area contributed by atoms with E-state index in [9.17, 15) is 9.59 Å². The molecule has 9 rings (SSSR count). The summed E-state index contributed by atoms with van der Waals surface area (Å²) in [5.41, 5.74) is 12.7. The highest BCUT2D eigenvalue weighted by Crippen LogP contribution is 2.50. The largest absolute Gasteiger partial charge is 0.460 e. The summed E-state index contributed by atoms with van der Waals surface area (Å²) in [7, 11) is 0. The van der Waals surface area contributed by atoms with E-state index in [4.69, 9.17) is 9.47 Å². The molecule has 1 atom stereocenters. The van der Waals surface area contributed by atoms with Gasteiger partial charge in [-0.05, 0) is 96.7 Å². The summed E-state index contributed by atoms with van der Waals surface area (Å²) in [5, 5.41) is 2.99. The van der Waals surface area contributed by atoms with Crippen molar-refractivity contribution in [1.82, 2.24) is 10.2 Å². The van der Waals surface area contributed by atoms with Crippen molar-refractivity contribution >= 4 is 41.5 Å². The van der Waals surface area contributed by atoms with Gasteiger partial charge in [0.1, 0.15) is 18.2 Å². The lowest BCUT2D eigenvalue weighted by atomic mass is 9.84. The molecule has 0 radical (unpaired) electrons. The van der Waals surface area contributed by atoms with Gasteiger partial charge in [-0.1, -0.05) is 230 Å². The lowest BCUT2D eigenvalue weighted by Crippen LogP contribution is -2.50. The number of aryl methyl sites for hydroxylation is 2. The van der Waals surface area contributed by atoms with E-state index in [2.05, 4.69) is 189 Å². The van der Waals surface area contributed by atoms with Crippen LogP contribution in [0, 0.1) is 13.8 Å². The van der Waals surface area contributed by atoms with E-state index in [1.807, 2.05) is 74.2 Å². The van der Waals surface area contributed by atoms with Crippen LogP contribution in [0.25, 0.3) is 11.1 Å². The normalized spacial score (nSPS) is 12.7. The third kappa shape index (κ3) is 12.6. The Hall–Kier alpha value is -7.33. The van der Waals surface area contributed by atoms with E-state index in [-0.39, 0.29) is 31.3 Å². The standard InChI is InChI=1S/C68H68N2O5S2/c1-49-34-38-55(39-35-49)67(51-22-10-6-11-23-51,52-24-12-7-13-25-52)76-46-44-70(45-47-77-68(53-26-14-8-15-27-53,54-28-16-9-17-29-54)56-40-36-50(2)37-41-56)64(72)62(42-43-63(71)75-66(3,4)5)69-65(73)74-48-61-59-32-20-18-30-57(59)58-31-19-21-33-60(58)61/h6-41,61-62H,42-48H2,1-5H3,(H,69,73)/t62-/m0/s1. The quantitative estimate of drug-likeness (QED) is 0.0567. The van der Waals surface area contributed by atoms with Crippen LogP contribution in [0.3, 0.4) is 0 Å². The molecule has 9 heteroatoms. The maximum absolute atomic E-state index is 15.8. The van der Waals surface area contributed by atoms with Crippen molar-refractivity contribution in [3.05, 3.63) is 274 Å². The molecule has 8 aromatic carbocycles. The minimum atomic E-state index is -1.11. The number of benzene rings is 8. The molecule has 77 heavy (non-hydrogen) atoms. The number of carbonyl (C=O) groups excluding carboxylic acids is 3. The van der Waals surface area contributed by atoms with Crippen LogP contribution in [0.5, 0.6) is 0 Å². The van der Waals surface area contributed by atoms with Crippen LogP contribution in [-0.2, 0) is 28.6 Å². The number of nitrogens with one attached hydrogen (secondary N) is 1. The topological polar surface area (TPSA) is 84.9 Å². The molecule has 0 bridgehead atoms. The van der Waals surface area contributed by atoms with Gasteiger partial charge in [0.25, 0.3) is 0 Å². The Labute approximate surface area is 463 Å². The maximum Gasteiger partial charge on any atom is 0.407 e. The summed E-state index contributed by atoms with van der Waals surface area (Å²) in [6.45, 7) is 10.4. The van der Waals surface area contributed by atoms with Gasteiger partial charge in [-0.15, -0.1) is 23.5 Å². The molecule has 2 amide bonds. The molecule has 0 heterocycles. The highest BCUT2D eigenvalue weighted by Gasteiger charge is 2.40. The van der Waals surface area contributed by atoms with Gasteiger partial charge in [0.05, 0.1) is 9.49 Å². The summed E-state index contributed by atoms with van der Waals surface area (Å²) in [6, 6.07) is 75.1. The number of hydrogen-bond acceptors (Lipinski definition) is 7. The second kappa shape index (κ2) is 24.8. The molecule has 392 valence electrons. The Kier molecular flexibility index (Phi) is 17.5. The summed E-state index contributed by atoms with van der Waals surface area (Å²) >= 11 is 3.57. The second-order valence-electron chi connectivity index (χ2n) is 20.7. The number of amides is 2. The van der Waals surface area contributed by atoms with E-state index in [1.54, 1.807) is 23.5 Å². The maximum atomic E-state index is 15.8. The van der Waals surface area contributed by atoms with Crippen molar-refractivity contribution in [3.63, 3.8) is 0 Å². The van der Waals surface area contributed by atoms with E-state index < -0.39 is 33.2 Å². The zero-order chi connectivity index (χ0) is 53.8. The molecule has 0 aliphatic heterocycles. The minimum absolute atomic E-state index is 0.0113. The predicted octanol–water partition coefficient (Wildman–Crippen LogP) is 14.9. The number of hydrogen-bond donors (Lipinski definition) is 1. The minimum Gasteiger partial charge on any atom is -0.460 e.